The van der Waals surface area contributed by atoms with E-state index in [1.807, 2.05) is 0 Å². The Morgan fingerprint density at radius 2 is 0.735 bits per heavy atom. The van der Waals surface area contributed by atoms with E-state index in [-0.39, 0.29) is 60.2 Å². The standard InChI is InChI=1S/C48H30O/c1-3-13-31(14-4-1)37-21-11-23-43-44-24-12-22-38(48(44)49-47(37)43)35-27-25-34-30-36(28-26-33(34)29-35)46-41-19-9-7-17-39(41)45(32-15-5-2-6-16-32)40-18-8-10-20-42(40)46/h1-30H/i1D,2D,3D,4D,5D,6D,7D,8D,9D,10D,11D,12D,13D,14D,15D,16D,17D,18D,19D,20D,21D,22D,23D,24D. The zero-order valence-corrected chi connectivity index (χ0v) is 24.9. The van der Waals surface area contributed by atoms with E-state index in [4.69, 9.17) is 31.8 Å². The van der Waals surface area contributed by atoms with Crippen LogP contribution >= 0.6 is 0 Å². The number of benzene rings is 9. The highest BCUT2D eigenvalue weighted by Gasteiger charge is 2.18. The number of rotatable bonds is 4. The van der Waals surface area contributed by atoms with Crippen molar-refractivity contribution < 1.29 is 37.3 Å². The topological polar surface area (TPSA) is 13.1 Å². The second-order valence-electron chi connectivity index (χ2n) is 11.0. The summed E-state index contributed by atoms with van der Waals surface area (Å²) in [6, 6.07) is -7.88. The van der Waals surface area contributed by atoms with E-state index in [0.29, 0.717) is 10.8 Å². The zero-order valence-electron chi connectivity index (χ0n) is 48.9. The molecule has 0 atom stereocenters. The van der Waals surface area contributed by atoms with Crippen molar-refractivity contribution in [1.82, 2.24) is 0 Å². The van der Waals surface area contributed by atoms with Crippen LogP contribution in [0, 0.1) is 0 Å². The average molecular weight is 647 g/mol. The molecule has 228 valence electrons. The number of para-hydroxylation sites is 2. The lowest BCUT2D eigenvalue weighted by molar-refractivity contribution is 0.671. The molecule has 0 fully saturated rings. The Bertz CT molecular complexity index is 4120. The maximum Gasteiger partial charge on any atom is 0.143 e. The van der Waals surface area contributed by atoms with Crippen LogP contribution in [0.25, 0.3) is 98.8 Å². The Hall–Kier alpha value is -6.44. The van der Waals surface area contributed by atoms with Gasteiger partial charge in [-0.15, -0.1) is 0 Å². The fourth-order valence-corrected chi connectivity index (χ4v) is 6.30. The summed E-state index contributed by atoms with van der Waals surface area (Å²) >= 11 is 0. The molecule has 0 aliphatic heterocycles. The molecule has 9 aromatic carbocycles. The van der Waals surface area contributed by atoms with Crippen molar-refractivity contribution in [2.45, 2.75) is 0 Å². The zero-order chi connectivity index (χ0) is 53.2. The summed E-state index contributed by atoms with van der Waals surface area (Å²) in [5.41, 5.74) is -2.38. The average Bonchev–Trinajstić information content (AvgIpc) is 3.77. The van der Waals surface area contributed by atoms with Crippen LogP contribution in [0.15, 0.2) is 186 Å². The Kier molecular flexibility index (Phi) is 2.91. The van der Waals surface area contributed by atoms with Crippen molar-refractivity contribution in [3.05, 3.63) is 181 Å². The maximum absolute atomic E-state index is 9.28. The van der Waals surface area contributed by atoms with Crippen LogP contribution in [0.2, 0.25) is 0 Å². The van der Waals surface area contributed by atoms with Gasteiger partial charge in [-0.3, -0.25) is 0 Å². The highest BCUT2D eigenvalue weighted by atomic mass is 16.3. The first-order chi connectivity index (χ1) is 34.3. The smallest absolute Gasteiger partial charge is 0.143 e. The summed E-state index contributed by atoms with van der Waals surface area (Å²) in [5, 5.41) is -0.982. The molecule has 1 heterocycles. The minimum Gasteiger partial charge on any atom is -0.455 e. The van der Waals surface area contributed by atoms with Gasteiger partial charge >= 0.3 is 0 Å². The normalized spacial score (nSPS) is 18.5. The molecule has 1 heteroatoms. The van der Waals surface area contributed by atoms with Crippen LogP contribution < -0.4 is 0 Å². The van der Waals surface area contributed by atoms with Crippen molar-refractivity contribution in [2.75, 3.05) is 0 Å². The number of hydrogen-bond acceptors (Lipinski definition) is 1. The molecule has 49 heavy (non-hydrogen) atoms. The fraction of sp³-hybridized carbons (Fsp3) is 0. The molecular formula is C48H30O. The summed E-state index contributed by atoms with van der Waals surface area (Å²) in [4.78, 5) is 0. The lowest BCUT2D eigenvalue weighted by Crippen LogP contribution is -1.90. The summed E-state index contributed by atoms with van der Waals surface area (Å²) in [6.45, 7) is 0. The number of furan rings is 1. The predicted octanol–water partition coefficient (Wildman–Crippen LogP) is 13.7. The molecule has 0 bridgehead atoms. The van der Waals surface area contributed by atoms with Crippen LogP contribution in [-0.4, -0.2) is 0 Å². The van der Waals surface area contributed by atoms with E-state index in [1.54, 1.807) is 24.3 Å². The monoisotopic (exact) mass is 646 g/mol. The molecule has 0 saturated carbocycles. The van der Waals surface area contributed by atoms with Gasteiger partial charge in [0.05, 0.1) is 32.9 Å². The SMILES string of the molecule is [2H]c1c([2H])c([2H])c(-c2c([2H])c([2H])c([2H])c3c2oc2c(-c4ccc5cc(-c6c7c([2H])c([2H])c([2H])c([2H])c7c(-c7c([2H])c([2H])c([2H])c([2H])c7[2H])c7c([2H])c([2H])c([2H])c([2H])c67)ccc5c4)c([2H])c([2H])c([2H])c23)c([2H])c1[2H]. The van der Waals surface area contributed by atoms with Gasteiger partial charge in [0, 0.05) is 21.9 Å². The third-order valence-electron chi connectivity index (χ3n) is 8.40. The maximum atomic E-state index is 9.28. The molecule has 0 unspecified atom stereocenters. The van der Waals surface area contributed by atoms with E-state index >= 15 is 0 Å². The molecular weight excluding hydrogens is 593 g/mol. The molecule has 0 saturated heterocycles. The molecule has 0 aliphatic rings. The largest absolute Gasteiger partial charge is 0.455 e. The molecule has 0 amide bonds. The Morgan fingerprint density at radius 1 is 0.327 bits per heavy atom. The molecule has 10 rings (SSSR count). The van der Waals surface area contributed by atoms with Crippen LogP contribution in [-0.2, 0) is 0 Å². The Morgan fingerprint density at radius 3 is 1.29 bits per heavy atom. The van der Waals surface area contributed by atoms with Crippen LogP contribution in [0.4, 0.5) is 0 Å². The van der Waals surface area contributed by atoms with Gasteiger partial charge in [-0.25, -0.2) is 0 Å². The van der Waals surface area contributed by atoms with Gasteiger partial charge in [0.25, 0.3) is 0 Å². The Balaban J connectivity index is 1.28. The van der Waals surface area contributed by atoms with Crippen LogP contribution in [0.1, 0.15) is 32.9 Å². The minimum absolute atomic E-state index is 0.0881. The first kappa shape index (κ1) is 12.9. The summed E-state index contributed by atoms with van der Waals surface area (Å²) in [6.07, 6.45) is 0. The molecule has 0 spiro atoms. The lowest BCUT2D eigenvalue weighted by atomic mass is 9.85. The van der Waals surface area contributed by atoms with Crippen LogP contribution in [0.3, 0.4) is 0 Å². The Labute approximate surface area is 318 Å². The molecule has 1 nitrogen and oxygen atoms in total. The summed E-state index contributed by atoms with van der Waals surface area (Å²) < 4.78 is 217. The highest BCUT2D eigenvalue weighted by Crippen LogP contribution is 2.45. The van der Waals surface area contributed by atoms with Crippen molar-refractivity contribution in [3.8, 4) is 44.5 Å². The van der Waals surface area contributed by atoms with Gasteiger partial charge in [-0.1, -0.05) is 169 Å². The van der Waals surface area contributed by atoms with Crippen molar-refractivity contribution in [2.24, 2.45) is 0 Å². The molecule has 0 radical (unpaired) electrons. The number of fused-ring (bicyclic) bond motifs is 6. The van der Waals surface area contributed by atoms with Gasteiger partial charge in [-0.05, 0) is 77.8 Å². The minimum atomic E-state index is -0.798. The van der Waals surface area contributed by atoms with E-state index in [9.17, 15) is 5.48 Å². The third kappa shape index (κ3) is 4.40. The van der Waals surface area contributed by atoms with Crippen molar-refractivity contribution in [3.63, 3.8) is 0 Å². The third-order valence-corrected chi connectivity index (χ3v) is 8.40. The second-order valence-corrected chi connectivity index (χ2v) is 11.0. The van der Waals surface area contributed by atoms with E-state index < -0.39 is 173 Å². The fourth-order valence-electron chi connectivity index (χ4n) is 6.30. The first-order valence-corrected chi connectivity index (χ1v) is 14.9. The predicted molar refractivity (Wildman–Crippen MR) is 208 cm³/mol. The summed E-state index contributed by atoms with van der Waals surface area (Å²) in [7, 11) is 0. The van der Waals surface area contributed by atoms with Crippen molar-refractivity contribution in [1.29, 1.82) is 0 Å². The lowest BCUT2D eigenvalue weighted by Gasteiger charge is -2.18. The van der Waals surface area contributed by atoms with Gasteiger partial charge in [-0.2, -0.15) is 0 Å². The summed E-state index contributed by atoms with van der Waals surface area (Å²) in [5.74, 6) is 0. The first-order valence-electron chi connectivity index (χ1n) is 26.9. The quantitative estimate of drug-likeness (QED) is 0.173. The van der Waals surface area contributed by atoms with E-state index in [0.717, 1.165) is 0 Å². The van der Waals surface area contributed by atoms with Gasteiger partial charge in [0.1, 0.15) is 11.2 Å². The number of hydrogen-bond donors (Lipinski definition) is 0. The van der Waals surface area contributed by atoms with Gasteiger partial charge in [0.15, 0.2) is 0 Å². The second kappa shape index (κ2) is 11.1. The highest BCUT2D eigenvalue weighted by molar-refractivity contribution is 6.22. The van der Waals surface area contributed by atoms with E-state index in [1.165, 1.54) is 12.1 Å². The van der Waals surface area contributed by atoms with E-state index in [2.05, 4.69) is 0 Å². The van der Waals surface area contributed by atoms with Crippen molar-refractivity contribution >= 4 is 54.3 Å². The molecule has 0 aliphatic carbocycles. The molecule has 0 N–H and O–H groups in total. The van der Waals surface area contributed by atoms with Gasteiger partial charge < -0.3 is 4.42 Å². The molecule has 1 aromatic heterocycles. The van der Waals surface area contributed by atoms with Gasteiger partial charge in [0.2, 0.25) is 0 Å². The molecule has 10 aromatic rings. The van der Waals surface area contributed by atoms with Crippen LogP contribution in [0.5, 0.6) is 0 Å².